The van der Waals surface area contributed by atoms with E-state index in [0.717, 1.165) is 9.80 Å². The van der Waals surface area contributed by atoms with Crippen LogP contribution < -0.4 is 9.80 Å². The average molecular weight is 517 g/mol. The Morgan fingerprint density at radius 1 is 0.946 bits per heavy atom. The fourth-order valence-electron chi connectivity index (χ4n) is 5.25. The highest BCUT2D eigenvalue weighted by molar-refractivity contribution is 6.32. The molecular formula is C29H25ClN2O5. The molecule has 0 aromatic heterocycles. The van der Waals surface area contributed by atoms with Crippen molar-refractivity contribution in [1.82, 2.24) is 0 Å². The standard InChI is InChI=1S/C29H25ClN2O5/c1-28(2,3)37-27(36)32-23-16-19(30)14-15-21(23)29(26(32)35,18-10-6-4-7-11-18)22-17-24(33)31(25(22)34)20-12-8-5-9-13-20/h4-16,22H,17H2,1-3H3/t22-,29-/m0/s1. The van der Waals surface area contributed by atoms with Crippen LogP contribution >= 0.6 is 11.6 Å². The second-order valence-electron chi connectivity index (χ2n) is 10.1. The van der Waals surface area contributed by atoms with E-state index < -0.39 is 40.7 Å². The molecule has 2 aliphatic rings. The molecule has 3 aromatic carbocycles. The predicted octanol–water partition coefficient (Wildman–Crippen LogP) is 5.49. The molecule has 2 heterocycles. The Labute approximate surface area is 219 Å². The lowest BCUT2D eigenvalue weighted by atomic mass is 9.65. The monoisotopic (exact) mass is 516 g/mol. The number of imide groups is 2. The van der Waals surface area contributed by atoms with Gasteiger partial charge in [-0.1, -0.05) is 66.2 Å². The molecule has 188 valence electrons. The number of anilines is 2. The van der Waals surface area contributed by atoms with Crippen LogP contribution in [0.5, 0.6) is 0 Å². The minimum Gasteiger partial charge on any atom is -0.443 e. The second-order valence-corrected chi connectivity index (χ2v) is 10.6. The van der Waals surface area contributed by atoms with E-state index in [2.05, 4.69) is 0 Å². The summed E-state index contributed by atoms with van der Waals surface area (Å²) in [7, 11) is 0. The van der Waals surface area contributed by atoms with Crippen molar-refractivity contribution in [3.63, 3.8) is 0 Å². The van der Waals surface area contributed by atoms with Crippen molar-refractivity contribution < 1.29 is 23.9 Å². The maximum Gasteiger partial charge on any atom is 0.421 e. The minimum absolute atomic E-state index is 0.210. The van der Waals surface area contributed by atoms with Crippen molar-refractivity contribution in [2.45, 2.75) is 38.2 Å². The van der Waals surface area contributed by atoms with E-state index in [1.54, 1.807) is 93.6 Å². The summed E-state index contributed by atoms with van der Waals surface area (Å²) >= 11 is 6.31. The van der Waals surface area contributed by atoms with Gasteiger partial charge in [-0.2, -0.15) is 0 Å². The van der Waals surface area contributed by atoms with Gasteiger partial charge in [-0.25, -0.2) is 9.69 Å². The third-order valence-corrected chi connectivity index (χ3v) is 6.89. The van der Waals surface area contributed by atoms with Gasteiger partial charge < -0.3 is 4.74 Å². The zero-order valence-corrected chi connectivity index (χ0v) is 21.4. The van der Waals surface area contributed by atoms with Gasteiger partial charge in [0.25, 0.3) is 5.91 Å². The molecule has 0 saturated carbocycles. The van der Waals surface area contributed by atoms with Crippen LogP contribution in [0.25, 0.3) is 0 Å². The van der Waals surface area contributed by atoms with Crippen molar-refractivity contribution in [3.8, 4) is 0 Å². The Morgan fingerprint density at radius 2 is 1.57 bits per heavy atom. The van der Waals surface area contributed by atoms with Crippen LogP contribution in [0.15, 0.2) is 78.9 Å². The van der Waals surface area contributed by atoms with Gasteiger partial charge in [0.05, 0.1) is 17.3 Å². The summed E-state index contributed by atoms with van der Waals surface area (Å²) in [6.45, 7) is 5.10. The molecule has 7 nitrogen and oxygen atoms in total. The van der Waals surface area contributed by atoms with Gasteiger partial charge in [-0.05, 0) is 56.2 Å². The third-order valence-electron chi connectivity index (χ3n) is 6.65. The first kappa shape index (κ1) is 24.7. The van der Waals surface area contributed by atoms with Crippen molar-refractivity contribution in [1.29, 1.82) is 0 Å². The molecule has 0 bridgehead atoms. The van der Waals surface area contributed by atoms with E-state index in [9.17, 15) is 19.2 Å². The first-order valence-electron chi connectivity index (χ1n) is 11.9. The minimum atomic E-state index is -1.64. The van der Waals surface area contributed by atoms with Gasteiger partial charge in [-0.3, -0.25) is 19.3 Å². The van der Waals surface area contributed by atoms with Crippen LogP contribution in [0, 0.1) is 5.92 Å². The highest BCUT2D eigenvalue weighted by atomic mass is 35.5. The normalized spacial score (nSPS) is 21.4. The lowest BCUT2D eigenvalue weighted by Gasteiger charge is -2.33. The maximum atomic E-state index is 14.5. The Kier molecular flexibility index (Phi) is 5.91. The molecule has 1 saturated heterocycles. The molecule has 0 aliphatic carbocycles. The molecule has 0 spiro atoms. The smallest absolute Gasteiger partial charge is 0.421 e. The first-order valence-corrected chi connectivity index (χ1v) is 12.3. The summed E-state index contributed by atoms with van der Waals surface area (Å²) in [5.74, 6) is -2.69. The lowest BCUT2D eigenvalue weighted by molar-refractivity contribution is -0.130. The number of amides is 4. The first-order chi connectivity index (χ1) is 17.6. The Hall–Kier alpha value is -3.97. The zero-order valence-electron chi connectivity index (χ0n) is 20.6. The molecule has 5 rings (SSSR count). The third kappa shape index (κ3) is 3.90. The number of hydrogen-bond donors (Lipinski definition) is 0. The number of rotatable bonds is 3. The van der Waals surface area contributed by atoms with E-state index in [4.69, 9.17) is 16.3 Å². The fraction of sp³-hybridized carbons (Fsp3) is 0.241. The molecule has 37 heavy (non-hydrogen) atoms. The molecular weight excluding hydrogens is 492 g/mol. The number of ether oxygens (including phenoxy) is 1. The number of nitrogens with zero attached hydrogens (tertiary/aromatic N) is 2. The van der Waals surface area contributed by atoms with E-state index in [1.807, 2.05) is 0 Å². The lowest BCUT2D eigenvalue weighted by Crippen LogP contribution is -2.51. The summed E-state index contributed by atoms with van der Waals surface area (Å²) in [4.78, 5) is 57.2. The highest BCUT2D eigenvalue weighted by Crippen LogP contribution is 2.54. The zero-order chi connectivity index (χ0) is 26.5. The Balaban J connectivity index is 1.74. The number of benzene rings is 3. The predicted molar refractivity (Wildman–Crippen MR) is 139 cm³/mol. The number of carbonyl (C=O) groups is 4. The van der Waals surface area contributed by atoms with Gasteiger partial charge in [0.1, 0.15) is 11.0 Å². The van der Waals surface area contributed by atoms with Crippen molar-refractivity contribution in [2.75, 3.05) is 9.80 Å². The molecule has 8 heteroatoms. The van der Waals surface area contributed by atoms with Crippen LogP contribution in [0.4, 0.5) is 16.2 Å². The van der Waals surface area contributed by atoms with E-state index in [0.29, 0.717) is 21.8 Å². The molecule has 0 radical (unpaired) electrons. The van der Waals surface area contributed by atoms with Gasteiger partial charge in [0.15, 0.2) is 0 Å². The van der Waals surface area contributed by atoms with Gasteiger partial charge in [-0.15, -0.1) is 0 Å². The molecule has 2 atom stereocenters. The second kappa shape index (κ2) is 8.85. The average Bonchev–Trinajstić information content (AvgIpc) is 3.28. The van der Waals surface area contributed by atoms with Crippen LogP contribution in [0.2, 0.25) is 5.02 Å². The van der Waals surface area contributed by atoms with Gasteiger partial charge >= 0.3 is 6.09 Å². The molecule has 3 aromatic rings. The van der Waals surface area contributed by atoms with Crippen molar-refractivity contribution in [2.24, 2.45) is 5.92 Å². The number of para-hydroxylation sites is 1. The largest absolute Gasteiger partial charge is 0.443 e. The van der Waals surface area contributed by atoms with Crippen LogP contribution in [0.3, 0.4) is 0 Å². The summed E-state index contributed by atoms with van der Waals surface area (Å²) in [5.41, 5.74) is -0.954. The Bertz CT molecular complexity index is 1420. The van der Waals surface area contributed by atoms with E-state index in [-0.39, 0.29) is 12.1 Å². The summed E-state index contributed by atoms with van der Waals surface area (Å²) < 4.78 is 5.58. The molecule has 0 N–H and O–H groups in total. The van der Waals surface area contributed by atoms with Crippen molar-refractivity contribution in [3.05, 3.63) is 95.0 Å². The summed E-state index contributed by atoms with van der Waals surface area (Å²) in [5, 5.41) is 0.309. The van der Waals surface area contributed by atoms with Crippen LogP contribution in [-0.4, -0.2) is 29.4 Å². The quantitative estimate of drug-likeness (QED) is 0.430. The van der Waals surface area contributed by atoms with Gasteiger partial charge in [0.2, 0.25) is 11.8 Å². The molecule has 0 unspecified atom stereocenters. The van der Waals surface area contributed by atoms with E-state index in [1.165, 1.54) is 6.07 Å². The highest BCUT2D eigenvalue weighted by Gasteiger charge is 2.64. The summed E-state index contributed by atoms with van der Waals surface area (Å²) in [6.07, 6.45) is -1.09. The Morgan fingerprint density at radius 3 is 2.19 bits per heavy atom. The number of carbonyl (C=O) groups excluding carboxylic acids is 4. The molecule has 2 aliphatic heterocycles. The number of fused-ring (bicyclic) bond motifs is 1. The van der Waals surface area contributed by atoms with Crippen LogP contribution in [-0.2, 0) is 24.5 Å². The number of halogens is 1. The van der Waals surface area contributed by atoms with Gasteiger partial charge in [0, 0.05) is 11.4 Å². The fourth-order valence-corrected chi connectivity index (χ4v) is 5.42. The number of hydrogen-bond acceptors (Lipinski definition) is 5. The maximum absolute atomic E-state index is 14.5. The topological polar surface area (TPSA) is 84.0 Å². The molecule has 1 fully saturated rings. The summed E-state index contributed by atoms with van der Waals surface area (Å²) in [6, 6.07) is 22.1. The van der Waals surface area contributed by atoms with E-state index >= 15 is 0 Å². The molecule has 4 amide bonds. The SMILES string of the molecule is CC(C)(C)OC(=O)N1C(=O)[C@](c2ccccc2)([C@H]2CC(=O)N(c3ccccc3)C2=O)c2ccc(Cl)cc21. The van der Waals surface area contributed by atoms with Crippen molar-refractivity contribution >= 4 is 46.8 Å². The van der Waals surface area contributed by atoms with Crippen LogP contribution in [0.1, 0.15) is 38.3 Å².